The maximum Gasteiger partial charge on any atom is 0.338 e. The molecule has 0 aliphatic carbocycles. The molecule has 5 heteroatoms. The number of hydrogen-bond donors (Lipinski definition) is 2. The Hall–Kier alpha value is -2.14. The van der Waals surface area contributed by atoms with Gasteiger partial charge in [0.05, 0.1) is 12.0 Å². The summed E-state index contributed by atoms with van der Waals surface area (Å²) in [6.07, 6.45) is 0.238. The first-order valence-electron chi connectivity index (χ1n) is 6.57. The molecule has 1 aromatic carbocycles. The molecule has 0 radical (unpaired) electrons. The average Bonchev–Trinajstić information content (AvgIpc) is 2.67. The van der Waals surface area contributed by atoms with E-state index in [1.807, 2.05) is 38.1 Å². The summed E-state index contributed by atoms with van der Waals surface area (Å²) in [6, 6.07) is 7.66. The highest BCUT2D eigenvalue weighted by Crippen LogP contribution is 2.32. The standard InChI is InChI=1S/C16H17NO3S/c1-9-6-4-5-7-12(9)8-13(18)17-15-14(16(19)20)10(2)11(3)21-15/h4-7H,8H2,1-3H3,(H,17,18)(H,19,20). The van der Waals surface area contributed by atoms with Crippen LogP contribution in [0.15, 0.2) is 24.3 Å². The molecular formula is C16H17NO3S. The first kappa shape index (κ1) is 15.3. The third-order valence-corrected chi connectivity index (χ3v) is 4.59. The minimum absolute atomic E-state index is 0.190. The molecule has 0 saturated carbocycles. The zero-order valence-electron chi connectivity index (χ0n) is 12.2. The van der Waals surface area contributed by atoms with Crippen molar-refractivity contribution in [2.75, 3.05) is 5.32 Å². The molecule has 0 bridgehead atoms. The number of amides is 1. The van der Waals surface area contributed by atoms with Gasteiger partial charge in [-0.1, -0.05) is 24.3 Å². The zero-order chi connectivity index (χ0) is 15.6. The third-order valence-electron chi connectivity index (χ3n) is 3.46. The number of rotatable bonds is 4. The number of aryl methyl sites for hydroxylation is 2. The molecule has 0 saturated heterocycles. The largest absolute Gasteiger partial charge is 0.478 e. The molecule has 0 aliphatic heterocycles. The fraction of sp³-hybridized carbons (Fsp3) is 0.250. The highest BCUT2D eigenvalue weighted by atomic mass is 32.1. The average molecular weight is 303 g/mol. The summed E-state index contributed by atoms with van der Waals surface area (Å²) in [5, 5.41) is 12.4. The van der Waals surface area contributed by atoms with E-state index < -0.39 is 5.97 Å². The molecule has 110 valence electrons. The maximum absolute atomic E-state index is 12.1. The van der Waals surface area contributed by atoms with Gasteiger partial charge >= 0.3 is 5.97 Å². The molecule has 0 aliphatic rings. The van der Waals surface area contributed by atoms with Crippen molar-refractivity contribution in [1.29, 1.82) is 0 Å². The van der Waals surface area contributed by atoms with Crippen LogP contribution >= 0.6 is 11.3 Å². The van der Waals surface area contributed by atoms with Crippen LogP contribution in [0.1, 0.15) is 31.9 Å². The Bertz CT molecular complexity index is 704. The number of carbonyl (C=O) groups is 2. The molecule has 0 fully saturated rings. The number of carboxylic acids is 1. The van der Waals surface area contributed by atoms with Crippen molar-refractivity contribution >= 4 is 28.2 Å². The lowest BCUT2D eigenvalue weighted by molar-refractivity contribution is -0.115. The van der Waals surface area contributed by atoms with Crippen LogP contribution in [0.3, 0.4) is 0 Å². The second kappa shape index (κ2) is 6.10. The Morgan fingerprint density at radius 2 is 1.86 bits per heavy atom. The summed E-state index contributed by atoms with van der Waals surface area (Å²) in [4.78, 5) is 24.3. The first-order valence-corrected chi connectivity index (χ1v) is 7.39. The van der Waals surface area contributed by atoms with Crippen molar-refractivity contribution in [3.8, 4) is 0 Å². The number of aromatic carboxylic acids is 1. The number of carboxylic acid groups (broad SMARTS) is 1. The quantitative estimate of drug-likeness (QED) is 0.907. The van der Waals surface area contributed by atoms with Crippen LogP contribution in [-0.2, 0) is 11.2 Å². The lowest BCUT2D eigenvalue weighted by Crippen LogP contribution is -2.16. The molecule has 1 aromatic heterocycles. The second-order valence-electron chi connectivity index (χ2n) is 4.94. The molecule has 1 heterocycles. The van der Waals surface area contributed by atoms with Gasteiger partial charge in [-0.2, -0.15) is 0 Å². The summed E-state index contributed by atoms with van der Waals surface area (Å²) in [5.41, 5.74) is 2.89. The smallest absolute Gasteiger partial charge is 0.338 e. The SMILES string of the molecule is Cc1ccccc1CC(=O)Nc1sc(C)c(C)c1C(=O)O. The number of benzene rings is 1. The fourth-order valence-corrected chi connectivity index (χ4v) is 3.19. The highest BCUT2D eigenvalue weighted by molar-refractivity contribution is 7.16. The summed E-state index contributed by atoms with van der Waals surface area (Å²) in [6.45, 7) is 5.56. The zero-order valence-corrected chi connectivity index (χ0v) is 13.0. The third kappa shape index (κ3) is 3.31. The van der Waals surface area contributed by atoms with Gasteiger partial charge in [0.1, 0.15) is 5.00 Å². The van der Waals surface area contributed by atoms with Crippen molar-refractivity contribution in [2.24, 2.45) is 0 Å². The van der Waals surface area contributed by atoms with Crippen molar-refractivity contribution in [1.82, 2.24) is 0 Å². The normalized spacial score (nSPS) is 10.4. The van der Waals surface area contributed by atoms with E-state index in [-0.39, 0.29) is 17.9 Å². The Kier molecular flexibility index (Phi) is 4.43. The first-order chi connectivity index (χ1) is 9.90. The van der Waals surface area contributed by atoms with Gasteiger partial charge in [-0.05, 0) is 37.5 Å². The van der Waals surface area contributed by atoms with Crippen LogP contribution in [0.5, 0.6) is 0 Å². The van der Waals surface area contributed by atoms with Crippen LogP contribution < -0.4 is 5.32 Å². The predicted octanol–water partition coefficient (Wildman–Crippen LogP) is 3.55. The van der Waals surface area contributed by atoms with Crippen LogP contribution in [0.4, 0.5) is 5.00 Å². The Balaban J connectivity index is 2.19. The molecule has 1 amide bonds. The monoisotopic (exact) mass is 303 g/mol. The van der Waals surface area contributed by atoms with Gasteiger partial charge in [0.2, 0.25) is 5.91 Å². The van der Waals surface area contributed by atoms with Gasteiger partial charge in [-0.15, -0.1) is 11.3 Å². The van der Waals surface area contributed by atoms with E-state index in [9.17, 15) is 14.7 Å². The lowest BCUT2D eigenvalue weighted by Gasteiger charge is -2.07. The van der Waals surface area contributed by atoms with Crippen molar-refractivity contribution < 1.29 is 14.7 Å². The number of anilines is 1. The summed E-state index contributed by atoms with van der Waals surface area (Å²) >= 11 is 1.30. The van der Waals surface area contributed by atoms with Gasteiger partial charge in [0, 0.05) is 4.88 Å². The van der Waals surface area contributed by atoms with Crippen LogP contribution in [0, 0.1) is 20.8 Å². The van der Waals surface area contributed by atoms with Crippen LogP contribution in [0.25, 0.3) is 0 Å². The van der Waals surface area contributed by atoms with E-state index in [2.05, 4.69) is 5.32 Å². The Morgan fingerprint density at radius 3 is 2.48 bits per heavy atom. The van der Waals surface area contributed by atoms with Gasteiger partial charge in [0.15, 0.2) is 0 Å². The van der Waals surface area contributed by atoms with Crippen molar-refractivity contribution in [3.63, 3.8) is 0 Å². The minimum atomic E-state index is -1.01. The maximum atomic E-state index is 12.1. The molecule has 21 heavy (non-hydrogen) atoms. The predicted molar refractivity (Wildman–Crippen MR) is 84.3 cm³/mol. The van der Waals surface area contributed by atoms with Crippen LogP contribution in [0.2, 0.25) is 0 Å². The Labute approximate surface area is 127 Å². The number of nitrogens with one attached hydrogen (secondary N) is 1. The number of hydrogen-bond acceptors (Lipinski definition) is 3. The molecule has 2 N–H and O–H groups in total. The second-order valence-corrected chi connectivity index (χ2v) is 6.17. The van der Waals surface area contributed by atoms with Gasteiger partial charge in [-0.25, -0.2) is 4.79 Å². The van der Waals surface area contributed by atoms with Gasteiger partial charge < -0.3 is 10.4 Å². The summed E-state index contributed by atoms with van der Waals surface area (Å²) in [7, 11) is 0. The lowest BCUT2D eigenvalue weighted by atomic mass is 10.1. The van der Waals surface area contributed by atoms with Crippen LogP contribution in [-0.4, -0.2) is 17.0 Å². The number of thiophene rings is 1. The van der Waals surface area contributed by atoms with Crippen molar-refractivity contribution in [2.45, 2.75) is 27.2 Å². The highest BCUT2D eigenvalue weighted by Gasteiger charge is 2.20. The topological polar surface area (TPSA) is 66.4 Å². The van der Waals surface area contributed by atoms with Gasteiger partial charge in [0.25, 0.3) is 0 Å². The van der Waals surface area contributed by atoms with E-state index in [1.165, 1.54) is 11.3 Å². The molecular weight excluding hydrogens is 286 g/mol. The van der Waals surface area contributed by atoms with E-state index in [1.54, 1.807) is 6.92 Å². The Morgan fingerprint density at radius 1 is 1.19 bits per heavy atom. The molecule has 0 atom stereocenters. The summed E-state index contributed by atoms with van der Waals surface area (Å²) in [5.74, 6) is -1.21. The molecule has 0 unspecified atom stereocenters. The molecule has 4 nitrogen and oxygen atoms in total. The van der Waals surface area contributed by atoms with E-state index in [0.29, 0.717) is 10.6 Å². The molecule has 0 spiro atoms. The fourth-order valence-electron chi connectivity index (χ4n) is 2.12. The molecule has 2 aromatic rings. The summed E-state index contributed by atoms with van der Waals surface area (Å²) < 4.78 is 0. The van der Waals surface area contributed by atoms with E-state index in [0.717, 1.165) is 16.0 Å². The number of carbonyl (C=O) groups excluding carboxylic acids is 1. The minimum Gasteiger partial charge on any atom is -0.478 e. The van der Waals surface area contributed by atoms with Crippen molar-refractivity contribution in [3.05, 3.63) is 51.4 Å². The van der Waals surface area contributed by atoms with E-state index in [4.69, 9.17) is 0 Å². The molecule has 2 rings (SSSR count). The van der Waals surface area contributed by atoms with E-state index >= 15 is 0 Å². The van der Waals surface area contributed by atoms with Gasteiger partial charge in [-0.3, -0.25) is 4.79 Å².